The van der Waals surface area contributed by atoms with Gasteiger partial charge in [-0.05, 0) is 43.4 Å². The normalized spacial score (nSPS) is 10.7. The zero-order valence-electron chi connectivity index (χ0n) is 9.63. The Bertz CT molecular complexity index is 588. The molecule has 0 atom stereocenters. The van der Waals surface area contributed by atoms with Gasteiger partial charge in [0, 0.05) is 5.39 Å². The second-order valence-electron chi connectivity index (χ2n) is 4.18. The number of hydrogen-bond donors (Lipinski definition) is 2. The number of phenolic OH excluding ortho intramolecular Hbond substituents is 1. The summed E-state index contributed by atoms with van der Waals surface area (Å²) in [7, 11) is 0. The van der Waals surface area contributed by atoms with Crippen molar-refractivity contribution in [1.29, 1.82) is 5.53 Å². The van der Waals surface area contributed by atoms with Gasteiger partial charge in [-0.1, -0.05) is 17.7 Å². The molecule has 2 rings (SSSR count). The molecule has 0 aliphatic rings. The fourth-order valence-electron chi connectivity index (χ4n) is 2.19. The van der Waals surface area contributed by atoms with Crippen molar-refractivity contribution in [3.63, 3.8) is 0 Å². The molecule has 0 amide bonds. The molecule has 2 aromatic rings. The average Bonchev–Trinajstić information content (AvgIpc) is 2.15. The summed E-state index contributed by atoms with van der Waals surface area (Å²) >= 11 is 0. The number of aromatic hydroxyl groups is 1. The van der Waals surface area contributed by atoms with Gasteiger partial charge in [0.2, 0.25) is 0 Å². The van der Waals surface area contributed by atoms with Crippen molar-refractivity contribution in [3.8, 4) is 5.75 Å². The topological polar surface area (TPSA) is 56.4 Å². The van der Waals surface area contributed by atoms with Crippen LogP contribution in [0, 0.1) is 26.3 Å². The van der Waals surface area contributed by atoms with Crippen molar-refractivity contribution >= 4 is 16.5 Å². The molecule has 0 unspecified atom stereocenters. The monoisotopic (exact) mass is 214 g/mol. The maximum absolute atomic E-state index is 10.1. The van der Waals surface area contributed by atoms with E-state index >= 15 is 0 Å². The van der Waals surface area contributed by atoms with Crippen molar-refractivity contribution in [2.75, 3.05) is 0 Å². The van der Waals surface area contributed by atoms with Crippen LogP contribution in [-0.4, -0.2) is 5.11 Å². The zero-order chi connectivity index (χ0) is 11.9. The molecule has 0 fully saturated rings. The lowest BCUT2D eigenvalue weighted by Gasteiger charge is -2.10. The molecule has 0 saturated heterocycles. The van der Waals surface area contributed by atoms with E-state index in [-0.39, 0.29) is 5.75 Å². The second kappa shape index (κ2) is 3.59. The average molecular weight is 214 g/mol. The Balaban J connectivity index is 2.99. The first-order chi connectivity index (χ1) is 7.54. The lowest BCUT2D eigenvalue weighted by atomic mass is 9.98. The number of fused-ring (bicyclic) bond motifs is 1. The van der Waals surface area contributed by atoms with E-state index < -0.39 is 0 Å². The summed E-state index contributed by atoms with van der Waals surface area (Å²) in [6.07, 6.45) is 0. The molecule has 16 heavy (non-hydrogen) atoms. The van der Waals surface area contributed by atoms with Crippen LogP contribution >= 0.6 is 0 Å². The van der Waals surface area contributed by atoms with E-state index in [1.54, 1.807) is 0 Å². The standard InChI is InChI=1S/C13H14N2O/c1-7-4-8(2)11-10(5-7)6-9(3)12(15-14)13(11)16/h4-6,14,16H,1-3H3. The molecule has 0 heterocycles. The molecule has 0 bridgehead atoms. The quantitative estimate of drug-likeness (QED) is 0.689. The number of phenols is 1. The Labute approximate surface area is 94.2 Å². The van der Waals surface area contributed by atoms with Crippen LogP contribution in [0.4, 0.5) is 5.69 Å². The van der Waals surface area contributed by atoms with Crippen LogP contribution in [0.5, 0.6) is 5.75 Å². The molecule has 3 nitrogen and oxygen atoms in total. The molecule has 2 aromatic carbocycles. The van der Waals surface area contributed by atoms with Crippen molar-refractivity contribution in [2.24, 2.45) is 5.11 Å². The van der Waals surface area contributed by atoms with Gasteiger partial charge in [-0.2, -0.15) is 5.11 Å². The Morgan fingerprint density at radius 2 is 1.75 bits per heavy atom. The first-order valence-corrected chi connectivity index (χ1v) is 5.15. The van der Waals surface area contributed by atoms with Gasteiger partial charge in [-0.3, -0.25) is 0 Å². The third kappa shape index (κ3) is 1.45. The van der Waals surface area contributed by atoms with Crippen molar-refractivity contribution < 1.29 is 5.11 Å². The molecule has 3 heteroatoms. The smallest absolute Gasteiger partial charge is 0.151 e. The van der Waals surface area contributed by atoms with E-state index in [9.17, 15) is 5.11 Å². The van der Waals surface area contributed by atoms with E-state index in [1.165, 1.54) is 5.56 Å². The molecule has 0 spiro atoms. The Morgan fingerprint density at radius 3 is 2.38 bits per heavy atom. The van der Waals surface area contributed by atoms with Crippen molar-refractivity contribution in [3.05, 3.63) is 34.9 Å². The minimum atomic E-state index is 0.113. The van der Waals surface area contributed by atoms with Gasteiger partial charge in [-0.15, -0.1) is 0 Å². The van der Waals surface area contributed by atoms with E-state index in [4.69, 9.17) is 5.53 Å². The van der Waals surface area contributed by atoms with Crippen molar-refractivity contribution in [1.82, 2.24) is 0 Å². The summed E-state index contributed by atoms with van der Waals surface area (Å²) in [6, 6.07) is 6.01. The summed E-state index contributed by atoms with van der Waals surface area (Å²) < 4.78 is 0. The molecule has 0 saturated carbocycles. The maximum Gasteiger partial charge on any atom is 0.151 e. The fourth-order valence-corrected chi connectivity index (χ4v) is 2.19. The molecule has 0 radical (unpaired) electrons. The molecule has 0 aromatic heterocycles. The van der Waals surface area contributed by atoms with Gasteiger partial charge >= 0.3 is 0 Å². The Kier molecular flexibility index (Phi) is 2.38. The summed E-state index contributed by atoms with van der Waals surface area (Å²) in [5.74, 6) is 0.113. The molecule has 82 valence electrons. The van der Waals surface area contributed by atoms with Gasteiger partial charge in [0.05, 0.1) is 0 Å². The minimum Gasteiger partial charge on any atom is -0.505 e. The van der Waals surface area contributed by atoms with Gasteiger partial charge < -0.3 is 5.11 Å². The fraction of sp³-hybridized carbons (Fsp3) is 0.231. The van der Waals surface area contributed by atoms with Gasteiger partial charge in [0.25, 0.3) is 0 Å². The number of hydrogen-bond acceptors (Lipinski definition) is 3. The molecular weight excluding hydrogens is 200 g/mol. The summed E-state index contributed by atoms with van der Waals surface area (Å²) in [6.45, 7) is 5.84. The van der Waals surface area contributed by atoms with Crippen LogP contribution in [0.3, 0.4) is 0 Å². The largest absolute Gasteiger partial charge is 0.505 e. The number of aryl methyl sites for hydroxylation is 3. The third-order valence-corrected chi connectivity index (χ3v) is 2.83. The Morgan fingerprint density at radius 1 is 1.06 bits per heavy atom. The van der Waals surface area contributed by atoms with E-state index in [1.807, 2.05) is 39.0 Å². The van der Waals surface area contributed by atoms with E-state index in [0.717, 1.165) is 21.9 Å². The minimum absolute atomic E-state index is 0.113. The lowest BCUT2D eigenvalue weighted by Crippen LogP contribution is -1.85. The van der Waals surface area contributed by atoms with Crippen LogP contribution in [0.2, 0.25) is 0 Å². The molecule has 0 aliphatic heterocycles. The van der Waals surface area contributed by atoms with Crippen LogP contribution in [0.15, 0.2) is 23.3 Å². The maximum atomic E-state index is 10.1. The van der Waals surface area contributed by atoms with E-state index in [2.05, 4.69) is 5.11 Å². The first-order valence-electron chi connectivity index (χ1n) is 5.15. The number of nitrogens with one attached hydrogen (secondary N) is 1. The number of benzene rings is 2. The number of rotatable bonds is 1. The predicted molar refractivity (Wildman–Crippen MR) is 64.6 cm³/mol. The zero-order valence-corrected chi connectivity index (χ0v) is 9.63. The summed E-state index contributed by atoms with van der Waals surface area (Å²) in [5.41, 5.74) is 10.4. The van der Waals surface area contributed by atoms with Crippen LogP contribution in [0.25, 0.3) is 10.8 Å². The SMILES string of the molecule is Cc1cc(C)c2c(O)c(N=N)c(C)cc2c1. The first kappa shape index (κ1) is 10.6. The highest BCUT2D eigenvalue weighted by Crippen LogP contribution is 2.39. The highest BCUT2D eigenvalue weighted by atomic mass is 16.3. The summed E-state index contributed by atoms with van der Waals surface area (Å²) in [5, 5.41) is 15.3. The predicted octanol–water partition coefficient (Wildman–Crippen LogP) is 4.13. The molecule has 2 N–H and O–H groups in total. The molecular formula is C13H14N2O. The van der Waals surface area contributed by atoms with Gasteiger partial charge in [0.1, 0.15) is 5.69 Å². The van der Waals surface area contributed by atoms with Gasteiger partial charge in [0.15, 0.2) is 5.75 Å². The summed E-state index contributed by atoms with van der Waals surface area (Å²) in [4.78, 5) is 0. The highest BCUT2D eigenvalue weighted by Gasteiger charge is 2.11. The van der Waals surface area contributed by atoms with Gasteiger partial charge in [-0.25, -0.2) is 5.53 Å². The third-order valence-electron chi connectivity index (χ3n) is 2.83. The van der Waals surface area contributed by atoms with Crippen LogP contribution in [0.1, 0.15) is 16.7 Å². The highest BCUT2D eigenvalue weighted by molar-refractivity contribution is 5.96. The van der Waals surface area contributed by atoms with Crippen LogP contribution < -0.4 is 0 Å². The number of nitrogens with zero attached hydrogens (tertiary/aromatic N) is 1. The van der Waals surface area contributed by atoms with Crippen LogP contribution in [-0.2, 0) is 0 Å². The second-order valence-corrected chi connectivity index (χ2v) is 4.18. The lowest BCUT2D eigenvalue weighted by molar-refractivity contribution is 0.482. The molecule has 0 aliphatic carbocycles. The van der Waals surface area contributed by atoms with E-state index in [0.29, 0.717) is 5.69 Å². The van der Waals surface area contributed by atoms with Crippen molar-refractivity contribution in [2.45, 2.75) is 20.8 Å². The Hall–Kier alpha value is -1.90.